The summed E-state index contributed by atoms with van der Waals surface area (Å²) in [5.74, 6) is 0.808. The fourth-order valence-electron chi connectivity index (χ4n) is 8.99. The molecule has 0 aliphatic rings. The van der Waals surface area contributed by atoms with E-state index in [9.17, 15) is 0 Å². The average Bonchev–Trinajstić information content (AvgIpc) is 3.76. The molecule has 12 aromatic rings. The number of benzene rings is 9. The third-order valence-corrected chi connectivity index (χ3v) is 11.3. The van der Waals surface area contributed by atoms with E-state index in [0.29, 0.717) is 0 Å². The van der Waals surface area contributed by atoms with Gasteiger partial charge in [-0.15, -0.1) is 0 Å². The first-order valence-electron chi connectivity index (χ1n) is 18.4. The highest BCUT2D eigenvalue weighted by Crippen LogP contribution is 2.44. The summed E-state index contributed by atoms with van der Waals surface area (Å²) in [4.78, 5) is 11.6. The molecule has 0 N–H and O–H groups in total. The fraction of sp³-hybridized carbons (Fsp3) is 0. The van der Waals surface area contributed by atoms with Gasteiger partial charge in [-0.3, -0.25) is 4.57 Å². The lowest BCUT2D eigenvalue weighted by molar-refractivity contribution is 1.08. The minimum atomic E-state index is 0.808. The van der Waals surface area contributed by atoms with E-state index in [1.54, 1.807) is 0 Å². The van der Waals surface area contributed by atoms with Gasteiger partial charge >= 0.3 is 0 Å². The smallest absolute Gasteiger partial charge is 0.165 e. The molecule has 0 spiro atoms. The first-order valence-corrected chi connectivity index (χ1v) is 18.4. The van der Waals surface area contributed by atoms with Crippen molar-refractivity contribution in [3.8, 4) is 22.8 Å². The van der Waals surface area contributed by atoms with Crippen LogP contribution in [-0.4, -0.2) is 19.1 Å². The monoisotopic (exact) mass is 686 g/mol. The number of hydrogen-bond acceptors (Lipinski definition) is 2. The Morgan fingerprint density at radius 3 is 1.46 bits per heavy atom. The Kier molecular flexibility index (Phi) is 6.02. The van der Waals surface area contributed by atoms with Gasteiger partial charge in [0.2, 0.25) is 0 Å². The summed E-state index contributed by atoms with van der Waals surface area (Å²) >= 11 is 0. The van der Waals surface area contributed by atoms with Crippen LogP contribution in [0, 0.1) is 0 Å². The summed E-state index contributed by atoms with van der Waals surface area (Å²) in [6, 6.07) is 65.2. The Hall–Kier alpha value is -7.30. The lowest BCUT2D eigenvalue weighted by Crippen LogP contribution is -2.06. The first kappa shape index (κ1) is 29.3. The predicted molar refractivity (Wildman–Crippen MR) is 226 cm³/mol. The van der Waals surface area contributed by atoms with E-state index < -0.39 is 0 Å². The van der Waals surface area contributed by atoms with Crippen LogP contribution in [0.15, 0.2) is 182 Å². The molecular weight excluding hydrogens is 657 g/mol. The van der Waals surface area contributed by atoms with Crippen LogP contribution in [0.1, 0.15) is 0 Å². The van der Waals surface area contributed by atoms with E-state index in [2.05, 4.69) is 191 Å². The van der Waals surface area contributed by atoms with E-state index in [-0.39, 0.29) is 0 Å². The van der Waals surface area contributed by atoms with Gasteiger partial charge in [-0.05, 0) is 45.8 Å². The second kappa shape index (κ2) is 11.1. The molecule has 54 heavy (non-hydrogen) atoms. The summed E-state index contributed by atoms with van der Waals surface area (Å²) in [5.41, 5.74) is 9.32. The second-order valence-electron chi connectivity index (χ2n) is 14.1. The molecule has 0 atom stereocenters. The largest absolute Gasteiger partial charge is 0.307 e. The highest BCUT2D eigenvalue weighted by molar-refractivity contribution is 6.26. The molecule has 250 valence electrons. The van der Waals surface area contributed by atoms with Crippen molar-refractivity contribution in [3.63, 3.8) is 0 Å². The summed E-state index contributed by atoms with van der Waals surface area (Å²) in [7, 11) is 0. The zero-order valence-corrected chi connectivity index (χ0v) is 29.1. The quantitative estimate of drug-likeness (QED) is 0.173. The maximum atomic E-state index is 5.83. The Bertz CT molecular complexity index is 3490. The molecule has 0 saturated carbocycles. The molecule has 4 heteroatoms. The van der Waals surface area contributed by atoms with Crippen molar-refractivity contribution in [2.75, 3.05) is 0 Å². The third-order valence-electron chi connectivity index (χ3n) is 11.3. The molecule has 4 nitrogen and oxygen atoms in total. The predicted octanol–water partition coefficient (Wildman–Crippen LogP) is 13.0. The van der Waals surface area contributed by atoms with Crippen molar-refractivity contribution in [2.45, 2.75) is 0 Å². The Labute approximate surface area is 309 Å². The number of nitrogens with zero attached hydrogens (tertiary/aromatic N) is 4. The topological polar surface area (TPSA) is 35.6 Å². The molecule has 12 rings (SSSR count). The van der Waals surface area contributed by atoms with Crippen molar-refractivity contribution in [1.82, 2.24) is 19.1 Å². The van der Waals surface area contributed by atoms with Crippen LogP contribution in [0.25, 0.3) is 110 Å². The summed E-state index contributed by atoms with van der Waals surface area (Å²) in [6.07, 6.45) is 0. The molecule has 0 aliphatic carbocycles. The minimum absolute atomic E-state index is 0.808. The third kappa shape index (κ3) is 3.97. The zero-order chi connectivity index (χ0) is 35.3. The molecule has 3 aromatic heterocycles. The molecule has 0 saturated heterocycles. The van der Waals surface area contributed by atoms with Crippen LogP contribution in [0.5, 0.6) is 0 Å². The van der Waals surface area contributed by atoms with Crippen molar-refractivity contribution in [3.05, 3.63) is 182 Å². The maximum absolute atomic E-state index is 5.83. The first-order chi connectivity index (χ1) is 26.8. The van der Waals surface area contributed by atoms with Gasteiger partial charge in [0.05, 0.1) is 33.1 Å². The Morgan fingerprint density at radius 1 is 0.315 bits per heavy atom. The van der Waals surface area contributed by atoms with Gasteiger partial charge in [-0.2, -0.15) is 0 Å². The number of para-hydroxylation sites is 3. The van der Waals surface area contributed by atoms with Crippen LogP contribution in [0.2, 0.25) is 0 Å². The van der Waals surface area contributed by atoms with Crippen molar-refractivity contribution in [2.24, 2.45) is 0 Å². The molecule has 0 unspecified atom stereocenters. The standard InChI is InChI=1S/C50H30N4/c1-2-17-32(18-3-1)53-43-27-12-10-22-36(43)41-29-30-42-37-23-11-13-28-44(37)54(49(42)48(41)53)50-47(38-26-14-16-31-15-4-5-19-33(31)38)51-45-39-24-8-6-20-34(39)35-21-7-9-25-40(35)46(45)52-50/h1-30H. The number of hydrogen-bond donors (Lipinski definition) is 0. The second-order valence-corrected chi connectivity index (χ2v) is 14.1. The minimum Gasteiger partial charge on any atom is -0.307 e. The SMILES string of the molecule is c1ccc(-n2c3ccccc3c3ccc4c5ccccc5n(-c5nc6c7ccccc7c7ccccc7c6nc5-c5cccc6ccccc56)c4c32)cc1. The van der Waals surface area contributed by atoms with E-state index in [1.807, 2.05) is 0 Å². The van der Waals surface area contributed by atoms with Crippen molar-refractivity contribution in [1.29, 1.82) is 0 Å². The van der Waals surface area contributed by atoms with Crippen LogP contribution in [0.4, 0.5) is 0 Å². The van der Waals surface area contributed by atoms with Crippen molar-refractivity contribution < 1.29 is 0 Å². The Balaban J connectivity index is 1.35. The average molecular weight is 687 g/mol. The van der Waals surface area contributed by atoms with E-state index >= 15 is 0 Å². The van der Waals surface area contributed by atoms with Gasteiger partial charge in [-0.1, -0.05) is 158 Å². The van der Waals surface area contributed by atoms with Crippen LogP contribution in [-0.2, 0) is 0 Å². The number of rotatable bonds is 3. The number of aromatic nitrogens is 4. The summed E-state index contributed by atoms with van der Waals surface area (Å²) in [5, 5.41) is 11.6. The molecule has 9 aromatic carbocycles. The molecule has 0 aliphatic heterocycles. The van der Waals surface area contributed by atoms with Crippen LogP contribution < -0.4 is 0 Å². The van der Waals surface area contributed by atoms with Gasteiger partial charge in [0.15, 0.2) is 5.82 Å². The zero-order valence-electron chi connectivity index (χ0n) is 29.1. The van der Waals surface area contributed by atoms with E-state index in [1.165, 1.54) is 43.2 Å². The highest BCUT2D eigenvalue weighted by Gasteiger charge is 2.25. The molecular formula is C50H30N4. The lowest BCUT2D eigenvalue weighted by Gasteiger charge is -2.18. The Morgan fingerprint density at radius 2 is 0.796 bits per heavy atom. The maximum Gasteiger partial charge on any atom is 0.165 e. The fourth-order valence-corrected chi connectivity index (χ4v) is 8.99. The lowest BCUT2D eigenvalue weighted by atomic mass is 9.98. The van der Waals surface area contributed by atoms with Gasteiger partial charge < -0.3 is 4.57 Å². The van der Waals surface area contributed by atoms with Crippen LogP contribution >= 0.6 is 0 Å². The molecule has 3 heterocycles. The highest BCUT2D eigenvalue weighted by atomic mass is 15.1. The van der Waals surface area contributed by atoms with Gasteiger partial charge in [-0.25, -0.2) is 9.97 Å². The van der Waals surface area contributed by atoms with Gasteiger partial charge in [0, 0.05) is 43.6 Å². The van der Waals surface area contributed by atoms with Crippen LogP contribution in [0.3, 0.4) is 0 Å². The van der Waals surface area contributed by atoms with Crippen molar-refractivity contribution >= 4 is 87.0 Å². The molecule has 0 amide bonds. The van der Waals surface area contributed by atoms with Gasteiger partial charge in [0.1, 0.15) is 5.69 Å². The van der Waals surface area contributed by atoms with E-state index in [4.69, 9.17) is 9.97 Å². The normalized spacial score (nSPS) is 12.1. The van der Waals surface area contributed by atoms with Gasteiger partial charge in [0.25, 0.3) is 0 Å². The number of fused-ring (bicyclic) bond motifs is 14. The van der Waals surface area contributed by atoms with E-state index in [0.717, 1.165) is 66.5 Å². The molecule has 0 radical (unpaired) electrons. The summed E-state index contributed by atoms with van der Waals surface area (Å²) in [6.45, 7) is 0. The summed E-state index contributed by atoms with van der Waals surface area (Å²) < 4.78 is 4.83. The molecule has 0 bridgehead atoms. The molecule has 0 fully saturated rings.